The lowest BCUT2D eigenvalue weighted by Crippen LogP contribution is -2.38. The Morgan fingerprint density at radius 1 is 1.10 bits per heavy atom. The first-order valence-electron chi connectivity index (χ1n) is 3.35. The van der Waals surface area contributed by atoms with Gasteiger partial charge in [0, 0.05) is 14.2 Å². The molecule has 10 heavy (non-hydrogen) atoms. The van der Waals surface area contributed by atoms with Crippen LogP contribution in [-0.2, 0) is 9.47 Å². The van der Waals surface area contributed by atoms with Crippen molar-refractivity contribution in [1.29, 1.82) is 0 Å². The molecule has 0 aliphatic carbocycles. The molecule has 0 saturated carbocycles. The van der Waals surface area contributed by atoms with Crippen molar-refractivity contribution in [3.05, 3.63) is 0 Å². The van der Waals surface area contributed by atoms with E-state index in [1.54, 1.807) is 14.2 Å². The van der Waals surface area contributed by atoms with E-state index in [-0.39, 0.29) is 12.3 Å². The fourth-order valence-electron chi connectivity index (χ4n) is 0.734. The van der Waals surface area contributed by atoms with Gasteiger partial charge in [-0.1, -0.05) is 0 Å². The highest BCUT2D eigenvalue weighted by molar-refractivity contribution is 4.62. The minimum absolute atomic E-state index is 0.130. The van der Waals surface area contributed by atoms with E-state index in [2.05, 4.69) is 11.8 Å². The molecule has 0 aromatic heterocycles. The molecule has 0 spiro atoms. The van der Waals surface area contributed by atoms with Crippen LogP contribution < -0.4 is 0 Å². The first-order chi connectivity index (χ1) is 4.63. The Hall–Kier alpha value is -0.120. The van der Waals surface area contributed by atoms with Crippen LogP contribution in [0, 0.1) is 0 Å². The van der Waals surface area contributed by atoms with E-state index in [1.807, 2.05) is 14.1 Å². The van der Waals surface area contributed by atoms with Gasteiger partial charge in [0.1, 0.15) is 0 Å². The zero-order valence-corrected chi connectivity index (χ0v) is 7.42. The van der Waals surface area contributed by atoms with Gasteiger partial charge in [-0.05, 0) is 21.0 Å². The van der Waals surface area contributed by atoms with Crippen LogP contribution in [-0.4, -0.2) is 45.5 Å². The van der Waals surface area contributed by atoms with E-state index in [1.165, 1.54) is 0 Å². The van der Waals surface area contributed by atoms with Gasteiger partial charge in [-0.25, -0.2) is 0 Å². The van der Waals surface area contributed by atoms with Crippen molar-refractivity contribution in [2.45, 2.75) is 19.3 Å². The van der Waals surface area contributed by atoms with Gasteiger partial charge in [0.2, 0.25) is 0 Å². The predicted molar refractivity (Wildman–Crippen MR) is 41.0 cm³/mol. The van der Waals surface area contributed by atoms with Crippen molar-refractivity contribution in [2.75, 3.05) is 28.3 Å². The summed E-state index contributed by atoms with van der Waals surface area (Å²) in [4.78, 5) is 2.05. The highest BCUT2D eigenvalue weighted by Crippen LogP contribution is 2.02. The number of hydrogen-bond donors (Lipinski definition) is 0. The third kappa shape index (κ3) is 2.64. The van der Waals surface area contributed by atoms with Crippen LogP contribution >= 0.6 is 0 Å². The smallest absolute Gasteiger partial charge is 0.171 e. The highest BCUT2D eigenvalue weighted by Gasteiger charge is 2.16. The van der Waals surface area contributed by atoms with Gasteiger partial charge in [-0.2, -0.15) is 0 Å². The van der Waals surface area contributed by atoms with Crippen LogP contribution in [0.25, 0.3) is 0 Å². The Kier molecular flexibility index (Phi) is 4.60. The summed E-state index contributed by atoms with van der Waals surface area (Å²) >= 11 is 0. The molecular weight excluding hydrogens is 130 g/mol. The van der Waals surface area contributed by atoms with Gasteiger partial charge in [0.25, 0.3) is 0 Å². The van der Waals surface area contributed by atoms with Crippen LogP contribution in [0.15, 0.2) is 0 Å². The SMILES string of the molecule is COC(OC)C(C)N(C)C. The number of likely N-dealkylation sites (N-methyl/N-ethyl adjacent to an activating group) is 1. The quantitative estimate of drug-likeness (QED) is 0.542. The number of nitrogens with zero attached hydrogens (tertiary/aromatic N) is 1. The summed E-state index contributed by atoms with van der Waals surface area (Å²) in [6.45, 7) is 2.05. The second-order valence-electron chi connectivity index (χ2n) is 2.54. The van der Waals surface area contributed by atoms with Crippen molar-refractivity contribution >= 4 is 0 Å². The molecule has 3 nitrogen and oxygen atoms in total. The molecule has 0 bridgehead atoms. The molecule has 0 heterocycles. The fraction of sp³-hybridized carbons (Fsp3) is 1.00. The molecule has 0 aromatic rings. The van der Waals surface area contributed by atoms with Crippen molar-refractivity contribution in [1.82, 2.24) is 4.90 Å². The van der Waals surface area contributed by atoms with Gasteiger partial charge >= 0.3 is 0 Å². The van der Waals surface area contributed by atoms with Crippen LogP contribution in [0.1, 0.15) is 6.92 Å². The van der Waals surface area contributed by atoms with E-state index in [0.29, 0.717) is 0 Å². The number of hydrogen-bond acceptors (Lipinski definition) is 3. The number of ether oxygens (including phenoxy) is 2. The Balaban J connectivity index is 3.76. The van der Waals surface area contributed by atoms with Gasteiger partial charge < -0.3 is 14.4 Å². The first-order valence-corrected chi connectivity index (χ1v) is 3.35. The maximum absolute atomic E-state index is 5.06. The normalized spacial score (nSPS) is 14.7. The third-order valence-corrected chi connectivity index (χ3v) is 1.67. The van der Waals surface area contributed by atoms with Crippen LogP contribution in [0.2, 0.25) is 0 Å². The van der Waals surface area contributed by atoms with Gasteiger partial charge in [0.05, 0.1) is 6.04 Å². The second kappa shape index (κ2) is 4.66. The van der Waals surface area contributed by atoms with Gasteiger partial charge in [-0.3, -0.25) is 0 Å². The lowest BCUT2D eigenvalue weighted by molar-refractivity contribution is -0.136. The van der Waals surface area contributed by atoms with E-state index in [0.717, 1.165) is 0 Å². The summed E-state index contributed by atoms with van der Waals surface area (Å²) in [6.07, 6.45) is -0.130. The zero-order valence-electron chi connectivity index (χ0n) is 7.42. The van der Waals surface area contributed by atoms with Crippen molar-refractivity contribution in [3.8, 4) is 0 Å². The molecule has 0 amide bonds. The maximum atomic E-state index is 5.06. The summed E-state index contributed by atoms with van der Waals surface area (Å²) < 4.78 is 10.1. The number of rotatable bonds is 4. The molecule has 0 saturated heterocycles. The summed E-state index contributed by atoms with van der Waals surface area (Å²) in [7, 11) is 7.29. The van der Waals surface area contributed by atoms with E-state index in [4.69, 9.17) is 9.47 Å². The molecule has 0 N–H and O–H groups in total. The van der Waals surface area contributed by atoms with E-state index in [9.17, 15) is 0 Å². The van der Waals surface area contributed by atoms with Crippen molar-refractivity contribution in [3.63, 3.8) is 0 Å². The minimum Gasteiger partial charge on any atom is -0.354 e. The lowest BCUT2D eigenvalue weighted by atomic mass is 10.3. The summed E-state index contributed by atoms with van der Waals surface area (Å²) in [5.41, 5.74) is 0. The molecule has 0 aliphatic rings. The predicted octanol–water partition coefficient (Wildman–Crippen LogP) is 0.555. The highest BCUT2D eigenvalue weighted by atomic mass is 16.7. The van der Waals surface area contributed by atoms with Gasteiger partial charge in [-0.15, -0.1) is 0 Å². The monoisotopic (exact) mass is 147 g/mol. The Morgan fingerprint density at radius 2 is 1.50 bits per heavy atom. The molecule has 3 heteroatoms. The fourth-order valence-corrected chi connectivity index (χ4v) is 0.734. The Bertz CT molecular complexity index is 81.7. The third-order valence-electron chi connectivity index (χ3n) is 1.67. The zero-order chi connectivity index (χ0) is 8.15. The van der Waals surface area contributed by atoms with Crippen LogP contribution in [0.3, 0.4) is 0 Å². The summed E-state index contributed by atoms with van der Waals surface area (Å²) in [5, 5.41) is 0. The Morgan fingerprint density at radius 3 is 1.60 bits per heavy atom. The van der Waals surface area contributed by atoms with Crippen LogP contribution in [0.5, 0.6) is 0 Å². The standard InChI is InChI=1S/C7H17NO2/c1-6(8(2)3)7(9-4)10-5/h6-7H,1-5H3. The van der Waals surface area contributed by atoms with E-state index < -0.39 is 0 Å². The second-order valence-corrected chi connectivity index (χ2v) is 2.54. The first kappa shape index (κ1) is 9.88. The topological polar surface area (TPSA) is 21.7 Å². The number of methoxy groups -OCH3 is 2. The Labute approximate surface area is 62.9 Å². The molecule has 0 rings (SSSR count). The average Bonchev–Trinajstić information content (AvgIpc) is 1.90. The molecule has 1 unspecified atom stereocenters. The molecule has 1 atom stereocenters. The summed E-state index contributed by atoms with van der Waals surface area (Å²) in [5.74, 6) is 0. The molecule has 62 valence electrons. The van der Waals surface area contributed by atoms with E-state index >= 15 is 0 Å². The minimum atomic E-state index is -0.130. The largest absolute Gasteiger partial charge is 0.354 e. The van der Waals surface area contributed by atoms with Crippen molar-refractivity contribution in [2.24, 2.45) is 0 Å². The van der Waals surface area contributed by atoms with Crippen LogP contribution in [0.4, 0.5) is 0 Å². The molecule has 0 aliphatic heterocycles. The molecular formula is C7H17NO2. The molecule has 0 fully saturated rings. The van der Waals surface area contributed by atoms with Gasteiger partial charge in [0.15, 0.2) is 6.29 Å². The lowest BCUT2D eigenvalue weighted by Gasteiger charge is -2.26. The average molecular weight is 147 g/mol. The summed E-state index contributed by atoms with van der Waals surface area (Å²) in [6, 6.07) is 0.287. The molecule has 0 radical (unpaired) electrons. The maximum Gasteiger partial charge on any atom is 0.171 e. The molecule has 0 aromatic carbocycles. The van der Waals surface area contributed by atoms with Crippen molar-refractivity contribution < 1.29 is 9.47 Å².